The summed E-state index contributed by atoms with van der Waals surface area (Å²) in [6.45, 7) is 5.37. The van der Waals surface area contributed by atoms with E-state index in [4.69, 9.17) is 21.1 Å². The molecule has 0 aliphatic carbocycles. The van der Waals surface area contributed by atoms with Gasteiger partial charge >= 0.3 is 0 Å². The highest BCUT2D eigenvalue weighted by Gasteiger charge is 2.31. The molecule has 1 N–H and O–H groups in total. The molecule has 0 unspecified atom stereocenters. The standard InChI is InChI=1S/C19H22ClNO3/c1-13(16-7-5-6-8-17(16)23-4)21-18(22)19(2,3)24-15-11-9-14(20)10-12-15/h5-13H,1-4H3,(H,21,22)/t13-/m1/s1. The number of hydrogen-bond donors (Lipinski definition) is 1. The molecule has 0 saturated heterocycles. The van der Waals surface area contributed by atoms with E-state index in [0.717, 1.165) is 11.3 Å². The van der Waals surface area contributed by atoms with Crippen molar-refractivity contribution in [2.45, 2.75) is 32.4 Å². The van der Waals surface area contributed by atoms with Gasteiger partial charge in [0.05, 0.1) is 13.2 Å². The Morgan fingerprint density at radius 1 is 1.12 bits per heavy atom. The third-order valence-corrected chi connectivity index (χ3v) is 3.94. The summed E-state index contributed by atoms with van der Waals surface area (Å²) in [5.41, 5.74) is -0.111. The van der Waals surface area contributed by atoms with Crippen molar-refractivity contribution in [3.8, 4) is 11.5 Å². The number of carbonyl (C=O) groups is 1. The third kappa shape index (κ3) is 4.42. The molecule has 0 saturated carbocycles. The number of nitrogens with one attached hydrogen (secondary N) is 1. The van der Waals surface area contributed by atoms with E-state index < -0.39 is 5.60 Å². The highest BCUT2D eigenvalue weighted by atomic mass is 35.5. The maximum absolute atomic E-state index is 12.6. The largest absolute Gasteiger partial charge is 0.496 e. The van der Waals surface area contributed by atoms with Crippen molar-refractivity contribution in [3.63, 3.8) is 0 Å². The van der Waals surface area contributed by atoms with Crippen LogP contribution in [0.15, 0.2) is 48.5 Å². The number of methoxy groups -OCH3 is 1. The zero-order valence-corrected chi connectivity index (χ0v) is 15.1. The maximum atomic E-state index is 12.6. The van der Waals surface area contributed by atoms with Crippen LogP contribution in [0.25, 0.3) is 0 Å². The van der Waals surface area contributed by atoms with Gasteiger partial charge in [-0.1, -0.05) is 29.8 Å². The van der Waals surface area contributed by atoms with E-state index in [1.54, 1.807) is 45.2 Å². The van der Waals surface area contributed by atoms with Gasteiger partial charge in [0, 0.05) is 10.6 Å². The first-order chi connectivity index (χ1) is 11.3. The highest BCUT2D eigenvalue weighted by molar-refractivity contribution is 6.30. The average Bonchev–Trinajstić information content (AvgIpc) is 2.56. The van der Waals surface area contributed by atoms with Crippen LogP contribution in [-0.2, 0) is 4.79 Å². The Bertz CT molecular complexity index is 698. The Kier molecular flexibility index (Phi) is 5.73. The van der Waals surface area contributed by atoms with Crippen molar-refractivity contribution in [2.75, 3.05) is 7.11 Å². The Morgan fingerprint density at radius 3 is 2.38 bits per heavy atom. The van der Waals surface area contributed by atoms with E-state index in [9.17, 15) is 4.79 Å². The molecule has 2 aromatic carbocycles. The van der Waals surface area contributed by atoms with Crippen molar-refractivity contribution in [3.05, 3.63) is 59.1 Å². The van der Waals surface area contributed by atoms with Crippen molar-refractivity contribution in [1.29, 1.82) is 0 Å². The summed E-state index contributed by atoms with van der Waals surface area (Å²) in [4.78, 5) is 12.6. The number of ether oxygens (including phenoxy) is 2. The van der Waals surface area contributed by atoms with Crippen LogP contribution in [0.1, 0.15) is 32.4 Å². The van der Waals surface area contributed by atoms with Gasteiger partial charge in [-0.2, -0.15) is 0 Å². The van der Waals surface area contributed by atoms with Crippen LogP contribution in [-0.4, -0.2) is 18.6 Å². The highest BCUT2D eigenvalue weighted by Crippen LogP contribution is 2.26. The number of rotatable bonds is 6. The van der Waals surface area contributed by atoms with Crippen LogP contribution in [0, 0.1) is 0 Å². The van der Waals surface area contributed by atoms with E-state index in [-0.39, 0.29) is 11.9 Å². The predicted octanol–water partition coefficient (Wildman–Crippen LogP) is 4.38. The summed E-state index contributed by atoms with van der Waals surface area (Å²) in [6.07, 6.45) is 0. The quantitative estimate of drug-likeness (QED) is 0.843. The molecule has 4 nitrogen and oxygen atoms in total. The van der Waals surface area contributed by atoms with Gasteiger partial charge in [0.2, 0.25) is 0 Å². The second kappa shape index (κ2) is 7.58. The van der Waals surface area contributed by atoms with Gasteiger partial charge in [0.15, 0.2) is 5.60 Å². The Balaban J connectivity index is 2.08. The van der Waals surface area contributed by atoms with Crippen molar-refractivity contribution < 1.29 is 14.3 Å². The molecule has 128 valence electrons. The van der Waals surface area contributed by atoms with Crippen LogP contribution < -0.4 is 14.8 Å². The lowest BCUT2D eigenvalue weighted by molar-refractivity contribution is -0.134. The Hall–Kier alpha value is -2.20. The van der Waals surface area contributed by atoms with E-state index in [1.165, 1.54) is 0 Å². The smallest absolute Gasteiger partial charge is 0.264 e. The van der Waals surface area contributed by atoms with E-state index >= 15 is 0 Å². The Labute approximate surface area is 147 Å². The number of para-hydroxylation sites is 1. The predicted molar refractivity (Wildman–Crippen MR) is 95.7 cm³/mol. The molecular weight excluding hydrogens is 326 g/mol. The Morgan fingerprint density at radius 2 is 1.75 bits per heavy atom. The second-order valence-electron chi connectivity index (χ2n) is 6.00. The average molecular weight is 348 g/mol. The lowest BCUT2D eigenvalue weighted by Gasteiger charge is -2.27. The van der Waals surface area contributed by atoms with Crippen molar-refractivity contribution in [2.24, 2.45) is 0 Å². The summed E-state index contributed by atoms with van der Waals surface area (Å²) in [6, 6.07) is 14.3. The molecule has 24 heavy (non-hydrogen) atoms. The van der Waals surface area contributed by atoms with Crippen LogP contribution >= 0.6 is 11.6 Å². The van der Waals surface area contributed by atoms with Crippen LogP contribution in [0.4, 0.5) is 0 Å². The zero-order valence-electron chi connectivity index (χ0n) is 14.3. The molecule has 1 amide bonds. The minimum Gasteiger partial charge on any atom is -0.496 e. The lowest BCUT2D eigenvalue weighted by atomic mass is 10.0. The first-order valence-corrected chi connectivity index (χ1v) is 8.10. The molecule has 5 heteroatoms. The molecule has 2 aromatic rings. The van der Waals surface area contributed by atoms with Crippen LogP contribution in [0.3, 0.4) is 0 Å². The minimum absolute atomic E-state index is 0.207. The molecule has 0 spiro atoms. The molecule has 0 aliphatic rings. The fourth-order valence-corrected chi connectivity index (χ4v) is 2.44. The first kappa shape index (κ1) is 18.1. The SMILES string of the molecule is COc1ccccc1[C@@H](C)NC(=O)C(C)(C)Oc1ccc(Cl)cc1. The number of halogens is 1. The minimum atomic E-state index is -1.02. The van der Waals surface area contributed by atoms with Crippen molar-refractivity contribution in [1.82, 2.24) is 5.32 Å². The summed E-state index contributed by atoms with van der Waals surface area (Å²) >= 11 is 5.86. The zero-order chi connectivity index (χ0) is 17.7. The number of amides is 1. The summed E-state index contributed by atoms with van der Waals surface area (Å²) in [5.74, 6) is 1.11. The van der Waals surface area contributed by atoms with Crippen molar-refractivity contribution >= 4 is 17.5 Å². The van der Waals surface area contributed by atoms with Gasteiger partial charge in [0.25, 0.3) is 5.91 Å². The topological polar surface area (TPSA) is 47.6 Å². The maximum Gasteiger partial charge on any atom is 0.264 e. The molecule has 0 aliphatic heterocycles. The first-order valence-electron chi connectivity index (χ1n) is 7.72. The number of hydrogen-bond acceptors (Lipinski definition) is 3. The normalized spacial score (nSPS) is 12.4. The van der Waals surface area contributed by atoms with Gasteiger partial charge in [-0.3, -0.25) is 4.79 Å². The van der Waals surface area contributed by atoms with E-state index in [1.807, 2.05) is 31.2 Å². The number of benzene rings is 2. The van der Waals surface area contributed by atoms with Gasteiger partial charge < -0.3 is 14.8 Å². The molecule has 0 heterocycles. The summed E-state index contributed by atoms with van der Waals surface area (Å²) in [7, 11) is 1.61. The molecule has 0 radical (unpaired) electrons. The van der Waals surface area contributed by atoms with Gasteiger partial charge in [0.1, 0.15) is 11.5 Å². The van der Waals surface area contributed by atoms with Gasteiger partial charge in [-0.25, -0.2) is 0 Å². The lowest BCUT2D eigenvalue weighted by Crippen LogP contribution is -2.47. The molecule has 0 aromatic heterocycles. The van der Waals surface area contributed by atoms with E-state index in [2.05, 4.69) is 5.32 Å². The number of carbonyl (C=O) groups excluding carboxylic acids is 1. The molecule has 0 fully saturated rings. The third-order valence-electron chi connectivity index (χ3n) is 3.69. The van der Waals surface area contributed by atoms with Gasteiger partial charge in [-0.05, 0) is 51.1 Å². The summed E-state index contributed by atoms with van der Waals surface area (Å²) < 4.78 is 11.2. The van der Waals surface area contributed by atoms with Gasteiger partial charge in [-0.15, -0.1) is 0 Å². The molecule has 2 rings (SSSR count). The molecule has 0 bridgehead atoms. The summed E-state index contributed by atoms with van der Waals surface area (Å²) in [5, 5.41) is 3.59. The molecule has 1 atom stereocenters. The van der Waals surface area contributed by atoms with Crippen LogP contribution in [0.5, 0.6) is 11.5 Å². The monoisotopic (exact) mass is 347 g/mol. The second-order valence-corrected chi connectivity index (χ2v) is 6.44. The van der Waals surface area contributed by atoms with Crippen LogP contribution in [0.2, 0.25) is 5.02 Å². The molecular formula is C19H22ClNO3. The van der Waals surface area contributed by atoms with E-state index in [0.29, 0.717) is 10.8 Å². The fraction of sp³-hybridized carbons (Fsp3) is 0.316. The fourth-order valence-electron chi connectivity index (χ4n) is 2.32.